The second kappa shape index (κ2) is 7.11. The molecule has 21 heavy (non-hydrogen) atoms. The molecular formula is C16H23NO4. The van der Waals surface area contributed by atoms with Crippen LogP contribution in [0.3, 0.4) is 0 Å². The van der Waals surface area contributed by atoms with Gasteiger partial charge in [0.1, 0.15) is 18.5 Å². The molecule has 5 nitrogen and oxygen atoms in total. The minimum Gasteiger partial charge on any atom is -0.491 e. The maximum atomic E-state index is 5.60. The van der Waals surface area contributed by atoms with Crippen LogP contribution >= 0.6 is 0 Å². The summed E-state index contributed by atoms with van der Waals surface area (Å²) in [5.41, 5.74) is 1.07. The van der Waals surface area contributed by atoms with Crippen LogP contribution in [0, 0.1) is 0 Å². The second-order valence-corrected chi connectivity index (χ2v) is 5.49. The molecule has 0 amide bonds. The van der Waals surface area contributed by atoms with Crippen LogP contribution in [0.5, 0.6) is 5.75 Å². The van der Waals surface area contributed by atoms with E-state index in [1.165, 1.54) is 6.42 Å². The van der Waals surface area contributed by atoms with Crippen molar-refractivity contribution in [2.24, 2.45) is 0 Å². The zero-order valence-electron chi connectivity index (χ0n) is 12.4. The quantitative estimate of drug-likeness (QED) is 0.780. The van der Waals surface area contributed by atoms with Gasteiger partial charge >= 0.3 is 0 Å². The molecule has 5 heteroatoms. The molecule has 0 aromatic heterocycles. The third kappa shape index (κ3) is 5.91. The summed E-state index contributed by atoms with van der Waals surface area (Å²) in [6.45, 7) is 6.37. The summed E-state index contributed by atoms with van der Waals surface area (Å²) < 4.78 is 20.7. The van der Waals surface area contributed by atoms with Gasteiger partial charge < -0.3 is 24.3 Å². The van der Waals surface area contributed by atoms with Gasteiger partial charge in [-0.2, -0.15) is 0 Å². The smallest absolute Gasteiger partial charge is 0.121 e. The SMILES string of the molecule is CCC1CO1.c1cc(NCC2CO2)cc(OCC2CO2)c1. The lowest BCUT2D eigenvalue weighted by Gasteiger charge is -2.08. The number of epoxide rings is 3. The van der Waals surface area contributed by atoms with Gasteiger partial charge in [-0.05, 0) is 18.6 Å². The molecule has 3 aliphatic heterocycles. The van der Waals surface area contributed by atoms with Gasteiger partial charge in [0.2, 0.25) is 0 Å². The largest absolute Gasteiger partial charge is 0.491 e. The average molecular weight is 293 g/mol. The molecule has 1 aromatic rings. The Labute approximate surface area is 125 Å². The molecule has 0 saturated carbocycles. The number of anilines is 1. The van der Waals surface area contributed by atoms with E-state index in [9.17, 15) is 0 Å². The van der Waals surface area contributed by atoms with Crippen molar-refractivity contribution in [3.8, 4) is 5.75 Å². The van der Waals surface area contributed by atoms with E-state index < -0.39 is 0 Å². The fourth-order valence-corrected chi connectivity index (χ4v) is 1.77. The highest BCUT2D eigenvalue weighted by molar-refractivity contribution is 5.48. The summed E-state index contributed by atoms with van der Waals surface area (Å²) in [5.74, 6) is 0.886. The Morgan fingerprint density at radius 1 is 1.10 bits per heavy atom. The van der Waals surface area contributed by atoms with Crippen molar-refractivity contribution < 1.29 is 18.9 Å². The Morgan fingerprint density at radius 2 is 1.81 bits per heavy atom. The number of rotatable bonds is 7. The summed E-state index contributed by atoms with van der Waals surface area (Å²) >= 11 is 0. The van der Waals surface area contributed by atoms with Crippen LogP contribution in [0.2, 0.25) is 0 Å². The molecule has 3 saturated heterocycles. The van der Waals surface area contributed by atoms with Gasteiger partial charge in [-0.3, -0.25) is 0 Å². The molecule has 1 N–H and O–H groups in total. The molecule has 116 valence electrons. The topological polar surface area (TPSA) is 58.8 Å². The van der Waals surface area contributed by atoms with E-state index in [-0.39, 0.29) is 0 Å². The molecule has 4 rings (SSSR count). The van der Waals surface area contributed by atoms with Gasteiger partial charge in [-0.15, -0.1) is 0 Å². The lowest BCUT2D eigenvalue weighted by molar-refractivity contribution is 0.263. The van der Waals surface area contributed by atoms with E-state index >= 15 is 0 Å². The van der Waals surface area contributed by atoms with Crippen molar-refractivity contribution >= 4 is 5.69 Å². The fourth-order valence-electron chi connectivity index (χ4n) is 1.77. The number of ether oxygens (including phenoxy) is 4. The minimum atomic E-state index is 0.302. The first kappa shape index (κ1) is 14.6. The zero-order chi connectivity index (χ0) is 14.5. The molecule has 3 aliphatic rings. The van der Waals surface area contributed by atoms with E-state index in [1.54, 1.807) is 0 Å². The summed E-state index contributed by atoms with van der Waals surface area (Å²) in [6, 6.07) is 7.98. The Kier molecular flexibility index (Phi) is 4.95. The van der Waals surface area contributed by atoms with Crippen molar-refractivity contribution in [3.05, 3.63) is 24.3 Å². The van der Waals surface area contributed by atoms with Gasteiger partial charge in [0, 0.05) is 18.3 Å². The van der Waals surface area contributed by atoms with E-state index in [2.05, 4.69) is 12.2 Å². The average Bonchev–Trinajstić information content (AvgIpc) is 3.41. The molecule has 0 radical (unpaired) electrons. The number of nitrogens with one attached hydrogen (secondary N) is 1. The Balaban J connectivity index is 0.000000225. The predicted molar refractivity (Wildman–Crippen MR) is 79.9 cm³/mol. The van der Waals surface area contributed by atoms with Gasteiger partial charge in [0.15, 0.2) is 0 Å². The minimum absolute atomic E-state index is 0.302. The van der Waals surface area contributed by atoms with Gasteiger partial charge in [0.05, 0.1) is 32.0 Å². The van der Waals surface area contributed by atoms with E-state index in [4.69, 9.17) is 18.9 Å². The first-order valence-corrected chi connectivity index (χ1v) is 7.65. The molecule has 0 bridgehead atoms. The normalized spacial score (nSPS) is 28.1. The predicted octanol–water partition coefficient (Wildman–Crippen LogP) is 2.07. The molecule has 3 unspecified atom stereocenters. The maximum Gasteiger partial charge on any atom is 0.121 e. The van der Waals surface area contributed by atoms with Gasteiger partial charge in [-0.1, -0.05) is 13.0 Å². The molecular weight excluding hydrogens is 270 g/mol. The monoisotopic (exact) mass is 293 g/mol. The van der Waals surface area contributed by atoms with E-state index in [0.29, 0.717) is 24.9 Å². The molecule has 3 fully saturated rings. The Bertz CT molecular complexity index is 410. The third-order valence-electron chi connectivity index (χ3n) is 3.47. The summed E-state index contributed by atoms with van der Waals surface area (Å²) in [4.78, 5) is 0. The Morgan fingerprint density at radius 3 is 2.38 bits per heavy atom. The second-order valence-electron chi connectivity index (χ2n) is 5.49. The van der Waals surface area contributed by atoms with Crippen LogP contribution in [0.1, 0.15) is 13.3 Å². The summed E-state index contributed by atoms with van der Waals surface area (Å²) in [7, 11) is 0. The third-order valence-corrected chi connectivity index (χ3v) is 3.47. The summed E-state index contributed by atoms with van der Waals surface area (Å²) in [5, 5.41) is 3.31. The summed E-state index contributed by atoms with van der Waals surface area (Å²) in [6.07, 6.45) is 2.52. The molecule has 3 heterocycles. The number of hydrogen-bond donors (Lipinski definition) is 1. The number of hydrogen-bond acceptors (Lipinski definition) is 5. The lowest BCUT2D eigenvalue weighted by Crippen LogP contribution is -2.08. The van der Waals surface area contributed by atoms with Gasteiger partial charge in [-0.25, -0.2) is 0 Å². The molecule has 1 aromatic carbocycles. The van der Waals surface area contributed by atoms with E-state index in [0.717, 1.165) is 37.8 Å². The Hall–Kier alpha value is -1.30. The van der Waals surface area contributed by atoms with Crippen molar-refractivity contribution in [2.45, 2.75) is 31.7 Å². The fraction of sp³-hybridized carbons (Fsp3) is 0.625. The van der Waals surface area contributed by atoms with Crippen molar-refractivity contribution in [3.63, 3.8) is 0 Å². The molecule has 3 atom stereocenters. The first-order valence-electron chi connectivity index (χ1n) is 7.65. The van der Waals surface area contributed by atoms with Crippen LogP contribution in [-0.2, 0) is 14.2 Å². The maximum absolute atomic E-state index is 5.60. The van der Waals surface area contributed by atoms with Crippen LogP contribution in [0.25, 0.3) is 0 Å². The first-order chi connectivity index (χ1) is 10.3. The highest BCUT2D eigenvalue weighted by Crippen LogP contribution is 2.20. The highest BCUT2D eigenvalue weighted by atomic mass is 16.6. The molecule has 0 aliphatic carbocycles. The van der Waals surface area contributed by atoms with E-state index in [1.807, 2.05) is 24.3 Å². The lowest BCUT2D eigenvalue weighted by atomic mass is 10.3. The zero-order valence-corrected chi connectivity index (χ0v) is 12.4. The van der Waals surface area contributed by atoms with Crippen LogP contribution in [0.15, 0.2) is 24.3 Å². The standard InChI is InChI=1S/C12H15NO3.C4H8O/c1-2-9(13-5-11-6-15-11)4-10(3-1)14-7-12-8-16-12;1-2-4-3-5-4/h1-4,11-13H,5-8H2;4H,2-3H2,1H3. The van der Waals surface area contributed by atoms with Crippen molar-refractivity contribution in [1.29, 1.82) is 0 Å². The number of benzene rings is 1. The van der Waals surface area contributed by atoms with Crippen molar-refractivity contribution in [2.75, 3.05) is 38.3 Å². The van der Waals surface area contributed by atoms with Crippen LogP contribution in [-0.4, -0.2) is 51.3 Å². The van der Waals surface area contributed by atoms with Crippen LogP contribution in [0.4, 0.5) is 5.69 Å². The van der Waals surface area contributed by atoms with Crippen molar-refractivity contribution in [1.82, 2.24) is 0 Å². The van der Waals surface area contributed by atoms with Gasteiger partial charge in [0.25, 0.3) is 0 Å². The molecule has 0 spiro atoms. The van der Waals surface area contributed by atoms with Crippen LogP contribution < -0.4 is 10.1 Å². The highest BCUT2D eigenvalue weighted by Gasteiger charge is 2.23.